The van der Waals surface area contributed by atoms with Crippen LogP contribution in [0.25, 0.3) is 0 Å². The number of fused-ring (bicyclic) bond motifs is 2. The fourth-order valence-electron chi connectivity index (χ4n) is 4.94. The predicted molar refractivity (Wildman–Crippen MR) is 96.7 cm³/mol. The van der Waals surface area contributed by atoms with E-state index in [0.29, 0.717) is 31.3 Å². The fraction of sp³-hybridized carbons (Fsp3) is 0.650. The number of hydrogen-bond acceptors (Lipinski definition) is 4. The van der Waals surface area contributed by atoms with Crippen LogP contribution in [0.3, 0.4) is 0 Å². The van der Waals surface area contributed by atoms with Crippen molar-refractivity contribution in [3.8, 4) is 0 Å². The third kappa shape index (κ3) is 3.46. The Kier molecular flexibility index (Phi) is 4.80. The van der Waals surface area contributed by atoms with Gasteiger partial charge in [-0.1, -0.05) is 37.1 Å². The Bertz CT molecular complexity index is 635. The lowest BCUT2D eigenvalue weighted by atomic mass is 9.79. The van der Waals surface area contributed by atoms with Gasteiger partial charge in [0.15, 0.2) is 0 Å². The molecule has 0 spiro atoms. The molecular formula is C20H29N3O2. The van der Waals surface area contributed by atoms with E-state index in [1.165, 1.54) is 31.2 Å². The molecular weight excluding hydrogens is 314 g/mol. The van der Waals surface area contributed by atoms with E-state index in [1.54, 1.807) is 0 Å². The minimum atomic E-state index is -0.931. The quantitative estimate of drug-likeness (QED) is 0.672. The number of amides is 1. The van der Waals surface area contributed by atoms with Crippen molar-refractivity contribution in [3.63, 3.8) is 0 Å². The topological polar surface area (TPSA) is 73.4 Å². The maximum Gasteiger partial charge on any atom is 0.221 e. The summed E-state index contributed by atoms with van der Waals surface area (Å²) in [5, 5.41) is 14.1. The molecule has 2 aliphatic carbocycles. The van der Waals surface area contributed by atoms with E-state index >= 15 is 0 Å². The van der Waals surface area contributed by atoms with Gasteiger partial charge < -0.3 is 10.4 Å². The molecule has 136 valence electrons. The first-order chi connectivity index (χ1) is 12.2. The molecule has 0 radical (unpaired) electrons. The van der Waals surface area contributed by atoms with E-state index in [2.05, 4.69) is 22.2 Å². The highest BCUT2D eigenvalue weighted by molar-refractivity contribution is 5.76. The van der Waals surface area contributed by atoms with Gasteiger partial charge in [0, 0.05) is 18.5 Å². The zero-order valence-corrected chi connectivity index (χ0v) is 14.8. The minimum absolute atomic E-state index is 0.0296. The first kappa shape index (κ1) is 17.0. The monoisotopic (exact) mass is 343 g/mol. The molecule has 0 bridgehead atoms. The highest BCUT2D eigenvalue weighted by atomic mass is 16.3. The largest absolute Gasteiger partial charge is 0.383 e. The molecule has 5 nitrogen and oxygen atoms in total. The molecule has 3 aliphatic rings. The van der Waals surface area contributed by atoms with Crippen LogP contribution in [0.15, 0.2) is 24.3 Å². The molecule has 1 saturated heterocycles. The third-order valence-electron chi connectivity index (χ3n) is 6.33. The van der Waals surface area contributed by atoms with Crippen LogP contribution in [-0.2, 0) is 16.8 Å². The maximum absolute atomic E-state index is 12.5. The normalized spacial score (nSPS) is 34.2. The molecule has 5 heteroatoms. The average Bonchev–Trinajstić information content (AvgIpc) is 3.04. The van der Waals surface area contributed by atoms with Crippen molar-refractivity contribution in [1.29, 1.82) is 0 Å². The van der Waals surface area contributed by atoms with Crippen molar-refractivity contribution in [2.45, 2.75) is 69.1 Å². The van der Waals surface area contributed by atoms with Crippen molar-refractivity contribution >= 4 is 5.91 Å². The summed E-state index contributed by atoms with van der Waals surface area (Å²) in [7, 11) is 0. The molecule has 1 amide bonds. The summed E-state index contributed by atoms with van der Waals surface area (Å²) >= 11 is 0. The predicted octanol–water partition coefficient (Wildman–Crippen LogP) is 1.75. The van der Waals surface area contributed by atoms with Crippen LogP contribution in [0.2, 0.25) is 0 Å². The van der Waals surface area contributed by atoms with Gasteiger partial charge in [-0.3, -0.25) is 15.6 Å². The number of rotatable bonds is 4. The first-order valence-corrected chi connectivity index (χ1v) is 9.74. The molecule has 4 N–H and O–H groups in total. The average molecular weight is 343 g/mol. The van der Waals surface area contributed by atoms with Crippen LogP contribution in [0.5, 0.6) is 0 Å². The van der Waals surface area contributed by atoms with Crippen LogP contribution >= 0.6 is 0 Å². The molecule has 4 unspecified atom stereocenters. The van der Waals surface area contributed by atoms with Crippen LogP contribution in [-0.4, -0.2) is 29.6 Å². The Balaban J connectivity index is 1.35. The summed E-state index contributed by atoms with van der Waals surface area (Å²) in [6.07, 6.45) is 8.09. The lowest BCUT2D eigenvalue weighted by Crippen LogP contribution is -2.45. The number of hydrogen-bond donors (Lipinski definition) is 4. The van der Waals surface area contributed by atoms with Crippen molar-refractivity contribution in [2.75, 3.05) is 6.54 Å². The zero-order chi connectivity index (χ0) is 17.3. The minimum Gasteiger partial charge on any atom is -0.383 e. The first-order valence-electron chi connectivity index (χ1n) is 9.74. The lowest BCUT2D eigenvalue weighted by Gasteiger charge is -2.35. The van der Waals surface area contributed by atoms with Gasteiger partial charge in [0.25, 0.3) is 0 Å². The number of nitrogens with one attached hydrogen (secondary N) is 3. The van der Waals surface area contributed by atoms with Crippen LogP contribution < -0.4 is 16.2 Å². The standard InChI is InChI=1S/C20H29N3O2/c24-19(12-18-15-8-2-4-10-17(15)22-23-18)21-13-20(25)11-5-7-14-6-1-3-9-16(14)20/h1,3,6,9,15,17-18,22-23,25H,2,4-5,7-8,10-13H2,(H,21,24). The summed E-state index contributed by atoms with van der Waals surface area (Å²) in [5.41, 5.74) is 7.94. The Labute approximate surface area is 149 Å². The molecule has 1 aromatic carbocycles. The molecule has 2 fully saturated rings. The van der Waals surface area contributed by atoms with Crippen LogP contribution in [0.4, 0.5) is 0 Å². The summed E-state index contributed by atoms with van der Waals surface area (Å²) in [5.74, 6) is 0.583. The molecule has 4 atom stereocenters. The van der Waals surface area contributed by atoms with E-state index in [1.807, 2.05) is 18.2 Å². The van der Waals surface area contributed by atoms with Gasteiger partial charge in [-0.15, -0.1) is 0 Å². The maximum atomic E-state index is 12.5. The summed E-state index contributed by atoms with van der Waals surface area (Å²) in [6, 6.07) is 8.78. The van der Waals surface area contributed by atoms with Crippen molar-refractivity contribution in [3.05, 3.63) is 35.4 Å². The van der Waals surface area contributed by atoms with E-state index in [4.69, 9.17) is 0 Å². The number of carbonyl (C=O) groups excluding carboxylic acids is 1. The van der Waals surface area contributed by atoms with E-state index in [-0.39, 0.29) is 11.9 Å². The van der Waals surface area contributed by atoms with Crippen molar-refractivity contribution in [2.24, 2.45) is 5.92 Å². The van der Waals surface area contributed by atoms with E-state index in [0.717, 1.165) is 18.4 Å². The Morgan fingerprint density at radius 1 is 1.20 bits per heavy atom. The Morgan fingerprint density at radius 2 is 2.04 bits per heavy atom. The smallest absolute Gasteiger partial charge is 0.221 e. The molecule has 4 rings (SSSR count). The van der Waals surface area contributed by atoms with Gasteiger partial charge in [-0.05, 0) is 49.1 Å². The van der Waals surface area contributed by atoms with Gasteiger partial charge in [0.1, 0.15) is 5.60 Å². The van der Waals surface area contributed by atoms with Crippen molar-refractivity contribution in [1.82, 2.24) is 16.2 Å². The molecule has 1 aliphatic heterocycles. The molecule has 25 heavy (non-hydrogen) atoms. The van der Waals surface area contributed by atoms with E-state index < -0.39 is 5.60 Å². The fourth-order valence-corrected chi connectivity index (χ4v) is 4.94. The highest BCUT2D eigenvalue weighted by Crippen LogP contribution is 2.35. The van der Waals surface area contributed by atoms with Crippen LogP contribution in [0.1, 0.15) is 56.1 Å². The Morgan fingerprint density at radius 3 is 2.96 bits per heavy atom. The highest BCUT2D eigenvalue weighted by Gasteiger charge is 2.39. The number of hydrazine groups is 1. The molecule has 1 aromatic rings. The zero-order valence-electron chi connectivity index (χ0n) is 14.8. The second-order valence-corrected chi connectivity index (χ2v) is 7.97. The summed E-state index contributed by atoms with van der Waals surface area (Å²) < 4.78 is 0. The van der Waals surface area contributed by atoms with Gasteiger partial charge >= 0.3 is 0 Å². The second-order valence-electron chi connectivity index (χ2n) is 7.97. The van der Waals surface area contributed by atoms with E-state index in [9.17, 15) is 9.90 Å². The summed E-state index contributed by atoms with van der Waals surface area (Å²) in [6.45, 7) is 0.303. The van der Waals surface area contributed by atoms with Gasteiger partial charge in [0.05, 0.1) is 6.54 Å². The molecule has 0 aromatic heterocycles. The van der Waals surface area contributed by atoms with Gasteiger partial charge in [-0.2, -0.15) is 0 Å². The number of aliphatic hydroxyl groups is 1. The number of benzene rings is 1. The van der Waals surface area contributed by atoms with Gasteiger partial charge in [0.2, 0.25) is 5.91 Å². The van der Waals surface area contributed by atoms with Crippen LogP contribution in [0, 0.1) is 5.92 Å². The SMILES string of the molecule is O=C(CC1NNC2CCCCC21)NCC1(O)CCCc2ccccc21. The Hall–Kier alpha value is -1.43. The lowest BCUT2D eigenvalue weighted by molar-refractivity contribution is -0.123. The third-order valence-corrected chi connectivity index (χ3v) is 6.33. The molecule has 1 saturated carbocycles. The summed E-state index contributed by atoms with van der Waals surface area (Å²) in [4.78, 5) is 12.5. The van der Waals surface area contributed by atoms with Gasteiger partial charge in [-0.25, -0.2) is 0 Å². The number of aryl methyl sites for hydroxylation is 1. The number of carbonyl (C=O) groups is 1. The van der Waals surface area contributed by atoms with Crippen molar-refractivity contribution < 1.29 is 9.90 Å². The molecule has 1 heterocycles. The second kappa shape index (κ2) is 7.06.